The zero-order chi connectivity index (χ0) is 28.9. The molecule has 0 aromatic heterocycles. The minimum atomic E-state index is -0.967. The van der Waals surface area contributed by atoms with Crippen LogP contribution in [0.4, 0.5) is 5.69 Å². The van der Waals surface area contributed by atoms with E-state index in [-0.39, 0.29) is 24.8 Å². The summed E-state index contributed by atoms with van der Waals surface area (Å²) in [6, 6.07) is 15.2. The molecular formula is C28H38N8O4. The van der Waals surface area contributed by atoms with Gasteiger partial charge in [-0.2, -0.15) is 0 Å². The van der Waals surface area contributed by atoms with Crippen LogP contribution >= 0.6 is 0 Å². The molecule has 0 radical (unpaired) electrons. The van der Waals surface area contributed by atoms with Crippen molar-refractivity contribution in [2.75, 3.05) is 24.5 Å². The van der Waals surface area contributed by atoms with Crippen molar-refractivity contribution in [3.63, 3.8) is 0 Å². The van der Waals surface area contributed by atoms with Crippen LogP contribution in [0.2, 0.25) is 0 Å². The third-order valence-electron chi connectivity index (χ3n) is 6.50. The lowest BCUT2D eigenvalue weighted by molar-refractivity contribution is -0.133. The molecule has 1 saturated heterocycles. The number of β-lactam (4-membered cyclic amide) rings is 1. The zero-order valence-electron chi connectivity index (χ0n) is 22.4. The first-order valence-corrected chi connectivity index (χ1v) is 13.4. The Kier molecular flexibility index (Phi) is 11.5. The lowest BCUT2D eigenvalue weighted by Crippen LogP contribution is -2.66. The number of nitrogens with zero attached hydrogens (tertiary/aromatic N) is 2. The third kappa shape index (κ3) is 8.80. The summed E-state index contributed by atoms with van der Waals surface area (Å²) in [7, 11) is 0. The molecule has 9 N–H and O–H groups in total. The smallest absolute Gasteiger partial charge is 0.251 e. The first-order valence-electron chi connectivity index (χ1n) is 13.4. The molecule has 1 heterocycles. The first kappa shape index (κ1) is 30.1. The quantitative estimate of drug-likeness (QED) is 0.0775. The van der Waals surface area contributed by atoms with Gasteiger partial charge in [0.2, 0.25) is 11.8 Å². The molecule has 3 atom stereocenters. The van der Waals surface area contributed by atoms with Gasteiger partial charge in [0.1, 0.15) is 18.1 Å². The third-order valence-corrected chi connectivity index (χ3v) is 6.50. The maximum absolute atomic E-state index is 13.4. The number of amides is 4. The molecule has 1 fully saturated rings. The van der Waals surface area contributed by atoms with E-state index in [1.54, 1.807) is 35.2 Å². The minimum Gasteiger partial charge on any atom is -0.370 e. The van der Waals surface area contributed by atoms with Gasteiger partial charge in [-0.1, -0.05) is 36.4 Å². The lowest BCUT2D eigenvalue weighted by Gasteiger charge is -2.39. The molecule has 0 unspecified atom stereocenters. The number of benzene rings is 2. The Bertz CT molecular complexity index is 1170. The van der Waals surface area contributed by atoms with E-state index in [1.807, 2.05) is 30.3 Å². The fourth-order valence-corrected chi connectivity index (χ4v) is 4.28. The van der Waals surface area contributed by atoms with E-state index in [4.69, 9.17) is 17.2 Å². The van der Waals surface area contributed by atoms with Gasteiger partial charge < -0.3 is 38.1 Å². The molecule has 2 aromatic carbocycles. The average molecular weight is 551 g/mol. The van der Waals surface area contributed by atoms with Crippen molar-refractivity contribution >= 4 is 35.3 Å². The number of nitrogens with one attached hydrogen (secondary N) is 3. The Hall–Kier alpha value is -4.45. The fourth-order valence-electron chi connectivity index (χ4n) is 4.28. The molecule has 12 nitrogen and oxygen atoms in total. The van der Waals surface area contributed by atoms with E-state index in [9.17, 15) is 19.2 Å². The van der Waals surface area contributed by atoms with Crippen LogP contribution in [-0.2, 0) is 14.4 Å². The number of anilines is 1. The fraction of sp³-hybridized carbons (Fsp3) is 0.393. The summed E-state index contributed by atoms with van der Waals surface area (Å²) in [5.74, 6) is -1.72. The van der Waals surface area contributed by atoms with Crippen LogP contribution in [0.25, 0.3) is 0 Å². The van der Waals surface area contributed by atoms with Crippen LogP contribution in [0.5, 0.6) is 0 Å². The topological polar surface area (TPSA) is 198 Å². The highest BCUT2D eigenvalue weighted by Crippen LogP contribution is 2.21. The number of para-hydroxylation sites is 1. The number of aliphatic imine (C=N–C) groups is 1. The summed E-state index contributed by atoms with van der Waals surface area (Å²) in [4.78, 5) is 57.6. The van der Waals surface area contributed by atoms with E-state index in [0.717, 1.165) is 5.69 Å². The second kappa shape index (κ2) is 15.2. The number of nitrogens with two attached hydrogens (primary N) is 3. The maximum atomic E-state index is 13.4. The Morgan fingerprint density at radius 2 is 1.50 bits per heavy atom. The monoisotopic (exact) mass is 550 g/mol. The Labute approximate surface area is 233 Å². The van der Waals surface area contributed by atoms with Crippen molar-refractivity contribution in [1.82, 2.24) is 16.0 Å². The van der Waals surface area contributed by atoms with Crippen molar-refractivity contribution in [3.05, 3.63) is 66.2 Å². The molecule has 3 rings (SSSR count). The van der Waals surface area contributed by atoms with Crippen LogP contribution in [0.3, 0.4) is 0 Å². The second-order valence-electron chi connectivity index (χ2n) is 9.53. The highest BCUT2D eigenvalue weighted by molar-refractivity contribution is 6.06. The summed E-state index contributed by atoms with van der Waals surface area (Å²) >= 11 is 0. The van der Waals surface area contributed by atoms with Gasteiger partial charge in [-0.25, -0.2) is 0 Å². The van der Waals surface area contributed by atoms with Crippen molar-refractivity contribution in [1.29, 1.82) is 0 Å². The van der Waals surface area contributed by atoms with E-state index in [1.165, 1.54) is 0 Å². The Morgan fingerprint density at radius 3 is 2.12 bits per heavy atom. The normalized spacial score (nSPS) is 15.8. The van der Waals surface area contributed by atoms with Crippen molar-refractivity contribution in [3.8, 4) is 0 Å². The van der Waals surface area contributed by atoms with Gasteiger partial charge in [-0.05, 0) is 62.9 Å². The molecular weight excluding hydrogens is 512 g/mol. The molecule has 0 saturated carbocycles. The number of carbonyl (C=O) groups excluding carboxylic acids is 4. The van der Waals surface area contributed by atoms with Gasteiger partial charge >= 0.3 is 0 Å². The van der Waals surface area contributed by atoms with E-state index < -0.39 is 35.8 Å². The molecule has 214 valence electrons. The summed E-state index contributed by atoms with van der Waals surface area (Å²) < 4.78 is 0. The second-order valence-corrected chi connectivity index (χ2v) is 9.53. The van der Waals surface area contributed by atoms with Crippen LogP contribution in [-0.4, -0.2) is 67.3 Å². The van der Waals surface area contributed by atoms with Crippen molar-refractivity contribution < 1.29 is 19.2 Å². The molecule has 0 aliphatic carbocycles. The van der Waals surface area contributed by atoms with Crippen molar-refractivity contribution in [2.24, 2.45) is 22.2 Å². The van der Waals surface area contributed by atoms with Gasteiger partial charge in [-0.15, -0.1) is 0 Å². The summed E-state index contributed by atoms with van der Waals surface area (Å²) in [6.07, 6.45) is 2.25. The molecule has 0 bridgehead atoms. The number of carbonyl (C=O) groups is 4. The average Bonchev–Trinajstić information content (AvgIpc) is 2.96. The Morgan fingerprint density at radius 1 is 0.875 bits per heavy atom. The summed E-state index contributed by atoms with van der Waals surface area (Å²) in [5.41, 5.74) is 17.6. The minimum absolute atomic E-state index is 0.0744. The van der Waals surface area contributed by atoms with Crippen molar-refractivity contribution in [2.45, 2.75) is 50.2 Å². The largest absolute Gasteiger partial charge is 0.370 e. The van der Waals surface area contributed by atoms with Gasteiger partial charge in [0, 0.05) is 17.8 Å². The number of hydrogen-bond donors (Lipinski definition) is 6. The highest BCUT2D eigenvalue weighted by atomic mass is 16.2. The van der Waals surface area contributed by atoms with Gasteiger partial charge in [0.15, 0.2) is 5.96 Å². The summed E-state index contributed by atoms with van der Waals surface area (Å²) in [6.45, 7) is 1.03. The standard InChI is InChI=1S/C28H38N8O4/c29-16-8-7-14-21(33-24(37)19-10-3-1-4-11-19)25(38)34-22(15-9-17-32-28(30)31)26(39)35-23-18-36(27(23)40)20-12-5-2-6-13-20/h1-6,10-13,21-23H,7-9,14-18,29H2,(H,33,37)(H,34,38)(H,35,39)(H4,30,31,32)/t21-,22-,23+/m0/s1. The van der Waals surface area contributed by atoms with E-state index in [0.29, 0.717) is 44.3 Å². The molecule has 40 heavy (non-hydrogen) atoms. The predicted molar refractivity (Wildman–Crippen MR) is 153 cm³/mol. The number of rotatable bonds is 15. The maximum Gasteiger partial charge on any atom is 0.251 e. The lowest BCUT2D eigenvalue weighted by atomic mass is 10.0. The van der Waals surface area contributed by atoms with Crippen LogP contribution < -0.4 is 38.1 Å². The van der Waals surface area contributed by atoms with Crippen LogP contribution in [0.1, 0.15) is 42.5 Å². The SMILES string of the molecule is NCCCC[C@H](NC(=O)c1ccccc1)C(=O)N[C@@H](CCCN=C(N)N)C(=O)N[C@@H]1CN(c2ccccc2)C1=O. The number of guanidine groups is 1. The van der Waals surface area contributed by atoms with Gasteiger partial charge in [-0.3, -0.25) is 24.2 Å². The number of hydrogen-bond acceptors (Lipinski definition) is 6. The van der Waals surface area contributed by atoms with Gasteiger partial charge in [0.05, 0.1) is 6.54 Å². The summed E-state index contributed by atoms with van der Waals surface area (Å²) in [5, 5.41) is 8.29. The van der Waals surface area contributed by atoms with E-state index in [2.05, 4.69) is 20.9 Å². The number of unbranched alkanes of at least 4 members (excludes halogenated alkanes) is 1. The van der Waals surface area contributed by atoms with Gasteiger partial charge in [0.25, 0.3) is 11.8 Å². The molecule has 2 aromatic rings. The molecule has 12 heteroatoms. The van der Waals surface area contributed by atoms with E-state index >= 15 is 0 Å². The molecule has 1 aliphatic heterocycles. The Balaban J connectivity index is 1.67. The molecule has 1 aliphatic rings. The predicted octanol–water partition coefficient (Wildman–Crippen LogP) is -0.0160. The van der Waals surface area contributed by atoms with Crippen LogP contribution in [0, 0.1) is 0 Å². The van der Waals surface area contributed by atoms with Crippen LogP contribution in [0.15, 0.2) is 65.7 Å². The highest BCUT2D eigenvalue weighted by Gasteiger charge is 2.40. The molecule has 0 spiro atoms. The zero-order valence-corrected chi connectivity index (χ0v) is 22.4. The first-order chi connectivity index (χ1) is 19.3. The molecule has 4 amide bonds.